The molecule has 0 aliphatic carbocycles. The summed E-state index contributed by atoms with van der Waals surface area (Å²) in [6, 6.07) is 0. The number of hydrogen-bond acceptors (Lipinski definition) is 3. The highest BCUT2D eigenvalue weighted by Gasteiger charge is 2.01. The number of nitrogens with zero attached hydrogens (tertiary/aromatic N) is 2. The third-order valence-electron chi connectivity index (χ3n) is 2.14. The van der Waals surface area contributed by atoms with Crippen molar-refractivity contribution in [2.45, 2.75) is 13.5 Å². The average molecular weight is 183 g/mol. The van der Waals surface area contributed by atoms with Gasteiger partial charge in [0.25, 0.3) is 0 Å². The lowest BCUT2D eigenvalue weighted by molar-refractivity contribution is 0.199. The third-order valence-corrected chi connectivity index (χ3v) is 2.14. The van der Waals surface area contributed by atoms with Crippen LogP contribution in [-0.4, -0.2) is 30.0 Å². The number of ether oxygens (including phenoxy) is 1. The fraction of sp³-hybridized carbons (Fsp3) is 0.667. The Labute approximate surface area is 78.9 Å². The van der Waals surface area contributed by atoms with Gasteiger partial charge in [0.05, 0.1) is 12.8 Å². The Morgan fingerprint density at radius 2 is 2.38 bits per heavy atom. The Morgan fingerprint density at radius 3 is 2.92 bits per heavy atom. The van der Waals surface area contributed by atoms with Gasteiger partial charge in [-0.2, -0.15) is 5.10 Å². The highest BCUT2D eigenvalue weighted by atomic mass is 16.5. The first-order chi connectivity index (χ1) is 6.25. The van der Waals surface area contributed by atoms with E-state index in [4.69, 9.17) is 4.74 Å². The molecule has 0 unspecified atom stereocenters. The second-order valence-corrected chi connectivity index (χ2v) is 3.05. The Hall–Kier alpha value is -0.870. The molecule has 1 heterocycles. The summed E-state index contributed by atoms with van der Waals surface area (Å²) < 4.78 is 6.81. The normalized spacial score (nSPS) is 10.7. The maximum absolute atomic E-state index is 4.93. The molecule has 0 amide bonds. The van der Waals surface area contributed by atoms with Gasteiger partial charge < -0.3 is 10.1 Å². The molecule has 1 aromatic rings. The van der Waals surface area contributed by atoms with Crippen molar-refractivity contribution >= 4 is 0 Å². The summed E-state index contributed by atoms with van der Waals surface area (Å²) in [5, 5.41) is 7.44. The summed E-state index contributed by atoms with van der Waals surface area (Å²) in [5.41, 5.74) is 2.46. The Balaban J connectivity index is 2.32. The van der Waals surface area contributed by atoms with Gasteiger partial charge in [-0.1, -0.05) is 0 Å². The van der Waals surface area contributed by atoms with Gasteiger partial charge >= 0.3 is 0 Å². The van der Waals surface area contributed by atoms with Crippen LogP contribution in [0.1, 0.15) is 11.3 Å². The fourth-order valence-electron chi connectivity index (χ4n) is 1.11. The van der Waals surface area contributed by atoms with E-state index in [0.717, 1.165) is 19.7 Å². The zero-order chi connectivity index (χ0) is 9.68. The van der Waals surface area contributed by atoms with Crippen LogP contribution in [0.15, 0.2) is 6.20 Å². The molecule has 1 rings (SSSR count). The summed E-state index contributed by atoms with van der Waals surface area (Å²) in [6.45, 7) is 4.56. The summed E-state index contributed by atoms with van der Waals surface area (Å²) in [7, 11) is 3.66. The largest absolute Gasteiger partial charge is 0.383 e. The van der Waals surface area contributed by atoms with Crippen LogP contribution < -0.4 is 5.32 Å². The molecule has 4 nitrogen and oxygen atoms in total. The predicted molar refractivity (Wildman–Crippen MR) is 51.5 cm³/mol. The van der Waals surface area contributed by atoms with E-state index >= 15 is 0 Å². The van der Waals surface area contributed by atoms with Gasteiger partial charge in [0.2, 0.25) is 0 Å². The number of nitrogens with one attached hydrogen (secondary N) is 1. The molecule has 0 saturated carbocycles. The monoisotopic (exact) mass is 183 g/mol. The van der Waals surface area contributed by atoms with Crippen molar-refractivity contribution in [3.05, 3.63) is 17.5 Å². The molecule has 1 aromatic heterocycles. The third kappa shape index (κ3) is 2.82. The van der Waals surface area contributed by atoms with E-state index in [0.29, 0.717) is 0 Å². The fourth-order valence-corrected chi connectivity index (χ4v) is 1.11. The van der Waals surface area contributed by atoms with E-state index in [1.165, 1.54) is 11.3 Å². The minimum absolute atomic E-state index is 0.749. The second kappa shape index (κ2) is 4.99. The van der Waals surface area contributed by atoms with Crippen molar-refractivity contribution in [1.82, 2.24) is 15.1 Å². The lowest BCUT2D eigenvalue weighted by atomic mass is 10.2. The minimum Gasteiger partial charge on any atom is -0.383 e. The zero-order valence-electron chi connectivity index (χ0n) is 8.50. The maximum atomic E-state index is 4.93. The van der Waals surface area contributed by atoms with E-state index in [1.54, 1.807) is 7.11 Å². The molecule has 0 spiro atoms. The van der Waals surface area contributed by atoms with Crippen molar-refractivity contribution in [3.63, 3.8) is 0 Å². The van der Waals surface area contributed by atoms with E-state index in [9.17, 15) is 0 Å². The summed E-state index contributed by atoms with van der Waals surface area (Å²) in [6.07, 6.45) is 1.90. The van der Waals surface area contributed by atoms with E-state index in [-0.39, 0.29) is 0 Å². The smallest absolute Gasteiger partial charge is 0.0587 e. The van der Waals surface area contributed by atoms with Crippen molar-refractivity contribution in [2.75, 3.05) is 20.3 Å². The van der Waals surface area contributed by atoms with Gasteiger partial charge in [0.15, 0.2) is 0 Å². The minimum atomic E-state index is 0.749. The van der Waals surface area contributed by atoms with Crippen LogP contribution in [0, 0.1) is 6.92 Å². The van der Waals surface area contributed by atoms with Crippen LogP contribution in [0.3, 0.4) is 0 Å². The maximum Gasteiger partial charge on any atom is 0.0587 e. The highest BCUT2D eigenvalue weighted by molar-refractivity contribution is 5.15. The first-order valence-electron chi connectivity index (χ1n) is 4.43. The summed E-state index contributed by atoms with van der Waals surface area (Å²) >= 11 is 0. The number of hydrogen-bond donors (Lipinski definition) is 1. The van der Waals surface area contributed by atoms with Gasteiger partial charge in [-0.15, -0.1) is 0 Å². The Bertz CT molecular complexity index is 257. The molecule has 0 atom stereocenters. The van der Waals surface area contributed by atoms with Gasteiger partial charge in [-0.3, -0.25) is 4.68 Å². The molecule has 74 valence electrons. The molecule has 0 aliphatic rings. The van der Waals surface area contributed by atoms with Crippen LogP contribution in [0.4, 0.5) is 0 Å². The second-order valence-electron chi connectivity index (χ2n) is 3.05. The molecule has 4 heteroatoms. The standard InChI is InChI=1S/C9H17N3O/c1-8-9(7-11-12(8)2)6-10-4-5-13-3/h7,10H,4-6H2,1-3H3. The lowest BCUT2D eigenvalue weighted by Gasteiger charge is -2.03. The molecule has 0 radical (unpaired) electrons. The quantitative estimate of drug-likeness (QED) is 0.674. The number of aryl methyl sites for hydroxylation is 1. The van der Waals surface area contributed by atoms with Gasteiger partial charge in [0.1, 0.15) is 0 Å². The van der Waals surface area contributed by atoms with Crippen molar-refractivity contribution in [1.29, 1.82) is 0 Å². The Kier molecular flexibility index (Phi) is 3.92. The van der Waals surface area contributed by atoms with Crippen molar-refractivity contribution in [2.24, 2.45) is 7.05 Å². The summed E-state index contributed by atoms with van der Waals surface area (Å²) in [5.74, 6) is 0. The van der Waals surface area contributed by atoms with E-state index in [2.05, 4.69) is 17.3 Å². The number of methoxy groups -OCH3 is 1. The zero-order valence-corrected chi connectivity index (χ0v) is 8.50. The molecule has 0 aliphatic heterocycles. The van der Waals surface area contributed by atoms with Crippen LogP contribution in [0.2, 0.25) is 0 Å². The molecule has 0 bridgehead atoms. The summed E-state index contributed by atoms with van der Waals surface area (Å²) in [4.78, 5) is 0. The number of rotatable bonds is 5. The highest BCUT2D eigenvalue weighted by Crippen LogP contribution is 2.03. The van der Waals surface area contributed by atoms with E-state index < -0.39 is 0 Å². The van der Waals surface area contributed by atoms with Crippen molar-refractivity contribution in [3.8, 4) is 0 Å². The molecule has 13 heavy (non-hydrogen) atoms. The molecule has 0 fully saturated rings. The molecule has 0 saturated heterocycles. The SMILES string of the molecule is COCCNCc1cnn(C)c1C. The molecule has 0 aromatic carbocycles. The van der Waals surface area contributed by atoms with Gasteiger partial charge in [0, 0.05) is 38.5 Å². The van der Waals surface area contributed by atoms with Crippen LogP contribution in [0.5, 0.6) is 0 Å². The van der Waals surface area contributed by atoms with Crippen LogP contribution >= 0.6 is 0 Å². The first kappa shape index (κ1) is 10.2. The predicted octanol–water partition coefficient (Wildman–Crippen LogP) is 0.465. The first-order valence-corrected chi connectivity index (χ1v) is 4.43. The molecular weight excluding hydrogens is 166 g/mol. The van der Waals surface area contributed by atoms with Crippen molar-refractivity contribution < 1.29 is 4.74 Å². The molecular formula is C9H17N3O. The van der Waals surface area contributed by atoms with Crippen LogP contribution in [0.25, 0.3) is 0 Å². The number of aromatic nitrogens is 2. The topological polar surface area (TPSA) is 39.1 Å². The average Bonchev–Trinajstić information content (AvgIpc) is 2.43. The van der Waals surface area contributed by atoms with Crippen LogP contribution in [-0.2, 0) is 18.3 Å². The van der Waals surface area contributed by atoms with Gasteiger partial charge in [-0.05, 0) is 6.92 Å². The molecule has 1 N–H and O–H groups in total. The lowest BCUT2D eigenvalue weighted by Crippen LogP contribution is -2.18. The Morgan fingerprint density at radius 1 is 1.62 bits per heavy atom. The van der Waals surface area contributed by atoms with Gasteiger partial charge in [-0.25, -0.2) is 0 Å². The van der Waals surface area contributed by atoms with E-state index in [1.807, 2.05) is 17.9 Å².